The van der Waals surface area contributed by atoms with Crippen LogP contribution in [-0.2, 0) is 5.41 Å². The Morgan fingerprint density at radius 1 is 1.24 bits per heavy atom. The summed E-state index contributed by atoms with van der Waals surface area (Å²) in [4.78, 5) is 0. The maximum atomic E-state index is 3.79. The quantitative estimate of drug-likeness (QED) is 0.815. The second-order valence-corrected chi connectivity index (χ2v) is 5.75. The van der Waals surface area contributed by atoms with E-state index in [4.69, 9.17) is 0 Å². The van der Waals surface area contributed by atoms with Gasteiger partial charge in [-0.15, -0.1) is 0 Å². The molecule has 1 atom stereocenters. The Morgan fingerprint density at radius 2 is 1.94 bits per heavy atom. The van der Waals surface area contributed by atoms with Crippen molar-refractivity contribution in [3.63, 3.8) is 0 Å². The lowest BCUT2D eigenvalue weighted by molar-refractivity contribution is 0.196. The first-order chi connectivity index (χ1) is 8.37. The van der Waals surface area contributed by atoms with Gasteiger partial charge < -0.3 is 5.32 Å². The molecule has 1 aromatic carbocycles. The van der Waals surface area contributed by atoms with Gasteiger partial charge in [0.15, 0.2) is 0 Å². The largest absolute Gasteiger partial charge is 0.313 e. The summed E-state index contributed by atoms with van der Waals surface area (Å²) in [5, 5.41) is 3.79. The summed E-state index contributed by atoms with van der Waals surface area (Å²) in [6, 6.07) is 11.9. The molecular weight excluding hydrogens is 206 g/mol. The Labute approximate surface area is 105 Å². The first kappa shape index (κ1) is 11.3. The van der Waals surface area contributed by atoms with Crippen LogP contribution in [0, 0.1) is 5.92 Å². The molecule has 0 radical (unpaired) electrons. The van der Waals surface area contributed by atoms with E-state index >= 15 is 0 Å². The predicted molar refractivity (Wildman–Crippen MR) is 72.2 cm³/mol. The summed E-state index contributed by atoms with van der Waals surface area (Å²) in [6.45, 7) is 3.35. The number of hydrogen-bond donors (Lipinski definition) is 1. The fraction of sp³-hybridized carbons (Fsp3) is 0.625. The lowest BCUT2D eigenvalue weighted by Crippen LogP contribution is -2.47. The Bertz CT molecular complexity index is 362. The van der Waals surface area contributed by atoms with Gasteiger partial charge in [-0.3, -0.25) is 0 Å². The molecule has 92 valence electrons. The summed E-state index contributed by atoms with van der Waals surface area (Å²) in [5.74, 6) is 0.928. The zero-order valence-corrected chi connectivity index (χ0v) is 10.8. The molecule has 1 N–H and O–H groups in total. The summed E-state index contributed by atoms with van der Waals surface area (Å²) in [6.07, 6.45) is 7.08. The molecule has 2 saturated carbocycles. The van der Waals surface area contributed by atoms with Crippen molar-refractivity contribution in [3.8, 4) is 0 Å². The molecule has 0 saturated heterocycles. The van der Waals surface area contributed by atoms with Crippen molar-refractivity contribution in [2.45, 2.75) is 50.5 Å². The molecule has 3 rings (SSSR count). The molecule has 0 amide bonds. The number of nitrogens with one attached hydrogen (secondary N) is 1. The number of rotatable bonds is 5. The minimum Gasteiger partial charge on any atom is -0.313 e. The second-order valence-electron chi connectivity index (χ2n) is 5.75. The highest BCUT2D eigenvalue weighted by Crippen LogP contribution is 2.55. The van der Waals surface area contributed by atoms with Crippen LogP contribution in [0.5, 0.6) is 0 Å². The van der Waals surface area contributed by atoms with Gasteiger partial charge in [-0.25, -0.2) is 0 Å². The summed E-state index contributed by atoms with van der Waals surface area (Å²) < 4.78 is 0. The molecule has 0 aromatic heterocycles. The van der Waals surface area contributed by atoms with Gasteiger partial charge in [0.1, 0.15) is 0 Å². The highest BCUT2D eigenvalue weighted by Gasteiger charge is 2.53. The molecule has 2 aliphatic carbocycles. The van der Waals surface area contributed by atoms with Gasteiger partial charge in [-0.1, -0.05) is 43.7 Å². The van der Waals surface area contributed by atoms with E-state index in [1.807, 2.05) is 0 Å². The standard InChI is InChI=1S/C16H23N/c1-2-17-15(13-7-6-8-13)16(11-12-16)14-9-4-3-5-10-14/h3-5,9-10,13,15,17H,2,6-8,11-12H2,1H3. The monoisotopic (exact) mass is 229 g/mol. The van der Waals surface area contributed by atoms with E-state index in [9.17, 15) is 0 Å². The van der Waals surface area contributed by atoms with Crippen LogP contribution in [0.1, 0.15) is 44.6 Å². The van der Waals surface area contributed by atoms with E-state index in [0.717, 1.165) is 18.5 Å². The summed E-state index contributed by atoms with van der Waals surface area (Å²) in [5.41, 5.74) is 2.04. The maximum absolute atomic E-state index is 3.79. The highest BCUT2D eigenvalue weighted by atomic mass is 15.0. The van der Waals surface area contributed by atoms with Crippen LogP contribution in [-0.4, -0.2) is 12.6 Å². The van der Waals surface area contributed by atoms with Crippen molar-refractivity contribution in [2.24, 2.45) is 5.92 Å². The number of benzene rings is 1. The second kappa shape index (κ2) is 4.45. The van der Waals surface area contributed by atoms with Gasteiger partial charge in [-0.05, 0) is 43.7 Å². The fourth-order valence-corrected chi connectivity index (χ4v) is 3.49. The Hall–Kier alpha value is -0.820. The van der Waals surface area contributed by atoms with Crippen molar-refractivity contribution in [2.75, 3.05) is 6.54 Å². The zero-order chi connectivity index (χ0) is 11.7. The van der Waals surface area contributed by atoms with E-state index in [2.05, 4.69) is 42.6 Å². The fourth-order valence-electron chi connectivity index (χ4n) is 3.49. The molecule has 1 nitrogen and oxygen atoms in total. The van der Waals surface area contributed by atoms with E-state index < -0.39 is 0 Å². The lowest BCUT2D eigenvalue weighted by Gasteiger charge is -2.40. The smallest absolute Gasteiger partial charge is 0.0192 e. The third-order valence-electron chi connectivity index (χ3n) is 4.78. The van der Waals surface area contributed by atoms with Crippen molar-refractivity contribution in [1.82, 2.24) is 5.32 Å². The zero-order valence-electron chi connectivity index (χ0n) is 10.8. The van der Waals surface area contributed by atoms with Crippen LogP contribution in [0.4, 0.5) is 0 Å². The van der Waals surface area contributed by atoms with Gasteiger partial charge in [0.25, 0.3) is 0 Å². The average molecular weight is 229 g/mol. The molecule has 2 fully saturated rings. The highest BCUT2D eigenvalue weighted by molar-refractivity contribution is 5.34. The van der Waals surface area contributed by atoms with Crippen LogP contribution in [0.15, 0.2) is 30.3 Å². The van der Waals surface area contributed by atoms with E-state index in [0.29, 0.717) is 5.41 Å². The molecule has 17 heavy (non-hydrogen) atoms. The minimum atomic E-state index is 0.475. The summed E-state index contributed by atoms with van der Waals surface area (Å²) >= 11 is 0. The Balaban J connectivity index is 1.84. The number of hydrogen-bond acceptors (Lipinski definition) is 1. The van der Waals surface area contributed by atoms with E-state index in [1.54, 1.807) is 5.56 Å². The van der Waals surface area contributed by atoms with Crippen LogP contribution >= 0.6 is 0 Å². The minimum absolute atomic E-state index is 0.475. The van der Waals surface area contributed by atoms with Gasteiger partial charge in [0.05, 0.1) is 0 Å². The topological polar surface area (TPSA) is 12.0 Å². The molecule has 0 bridgehead atoms. The Kier molecular flexibility index (Phi) is 2.96. The van der Waals surface area contributed by atoms with Crippen molar-refractivity contribution in [3.05, 3.63) is 35.9 Å². The van der Waals surface area contributed by atoms with Gasteiger partial charge >= 0.3 is 0 Å². The number of likely N-dealkylation sites (N-methyl/N-ethyl adjacent to an activating group) is 1. The SMILES string of the molecule is CCNC(C1CCC1)C1(c2ccccc2)CC1. The molecule has 0 aliphatic heterocycles. The first-order valence-electron chi connectivity index (χ1n) is 7.16. The molecule has 1 heteroatoms. The van der Waals surface area contributed by atoms with E-state index in [1.165, 1.54) is 32.1 Å². The third-order valence-corrected chi connectivity index (χ3v) is 4.78. The summed E-state index contributed by atoms with van der Waals surface area (Å²) in [7, 11) is 0. The van der Waals surface area contributed by atoms with Crippen molar-refractivity contribution in [1.29, 1.82) is 0 Å². The van der Waals surface area contributed by atoms with Crippen molar-refractivity contribution < 1.29 is 0 Å². The van der Waals surface area contributed by atoms with Crippen LogP contribution in [0.3, 0.4) is 0 Å². The normalized spacial score (nSPS) is 24.1. The van der Waals surface area contributed by atoms with Crippen molar-refractivity contribution >= 4 is 0 Å². The van der Waals surface area contributed by atoms with Crippen LogP contribution < -0.4 is 5.32 Å². The van der Waals surface area contributed by atoms with Gasteiger partial charge in [-0.2, -0.15) is 0 Å². The van der Waals surface area contributed by atoms with Gasteiger partial charge in [0, 0.05) is 11.5 Å². The molecule has 1 unspecified atom stereocenters. The lowest BCUT2D eigenvalue weighted by atomic mass is 9.71. The molecule has 1 aromatic rings. The maximum Gasteiger partial charge on any atom is 0.0192 e. The third kappa shape index (κ3) is 1.91. The predicted octanol–water partition coefficient (Wildman–Crippen LogP) is 3.50. The van der Waals surface area contributed by atoms with Crippen LogP contribution in [0.2, 0.25) is 0 Å². The molecule has 2 aliphatic rings. The molecule has 0 heterocycles. The molecular formula is C16H23N. The average Bonchev–Trinajstić information content (AvgIpc) is 3.09. The van der Waals surface area contributed by atoms with Gasteiger partial charge in [0.2, 0.25) is 0 Å². The Morgan fingerprint density at radius 3 is 2.41 bits per heavy atom. The van der Waals surface area contributed by atoms with E-state index in [-0.39, 0.29) is 0 Å². The van der Waals surface area contributed by atoms with Crippen LogP contribution in [0.25, 0.3) is 0 Å². The molecule has 0 spiro atoms. The first-order valence-corrected chi connectivity index (χ1v) is 7.16.